The molecule has 8 atom stereocenters. The van der Waals surface area contributed by atoms with Gasteiger partial charge in [-0.25, -0.2) is 4.79 Å². The number of alkyl halides is 2. The number of rotatable bonds is 8. The van der Waals surface area contributed by atoms with Crippen molar-refractivity contribution in [3.8, 4) is 0 Å². The molecule has 36 heavy (non-hydrogen) atoms. The first-order chi connectivity index (χ1) is 17.0. The standard InChI is InChI=1S/C22H32F2N6O5S/c1-8-15-14(9(2)28-19(31)18(23)24)21(33)30(15)16(22(34)35)17(8)36-12-4-13(27-6-12)20(32)29-7-10(26)3-11(29)5-25/h8-15,18,27H,3-7,25-26H2,1-2H3,(H,28,31)(H,34,35)/t8-,9?,10+,11+,12+,13+,14-,15-/m1/s1. The maximum Gasteiger partial charge on any atom is 0.353 e. The second-order valence-corrected chi connectivity index (χ2v) is 11.3. The van der Waals surface area contributed by atoms with E-state index in [2.05, 4.69) is 10.6 Å². The molecule has 3 amide bonds. The third-order valence-electron chi connectivity index (χ3n) is 7.58. The van der Waals surface area contributed by atoms with Crippen molar-refractivity contribution in [3.63, 3.8) is 0 Å². The van der Waals surface area contributed by atoms with Gasteiger partial charge in [-0.1, -0.05) is 6.92 Å². The highest BCUT2D eigenvalue weighted by molar-refractivity contribution is 8.03. The molecule has 0 aromatic heterocycles. The minimum Gasteiger partial charge on any atom is -0.477 e. The summed E-state index contributed by atoms with van der Waals surface area (Å²) < 4.78 is 25.4. The highest BCUT2D eigenvalue weighted by Crippen LogP contribution is 2.51. The molecule has 0 radical (unpaired) electrons. The minimum atomic E-state index is -3.21. The van der Waals surface area contributed by atoms with Crippen LogP contribution >= 0.6 is 11.8 Å². The Hall–Kier alpha value is -2.29. The van der Waals surface area contributed by atoms with E-state index >= 15 is 0 Å². The lowest BCUT2D eigenvalue weighted by molar-refractivity contribution is -0.159. The van der Waals surface area contributed by atoms with E-state index in [1.54, 1.807) is 11.8 Å². The average molecular weight is 531 g/mol. The zero-order valence-corrected chi connectivity index (χ0v) is 20.8. The summed E-state index contributed by atoms with van der Waals surface area (Å²) in [6.45, 7) is 4.51. The van der Waals surface area contributed by atoms with Crippen LogP contribution in [0, 0.1) is 11.8 Å². The number of nitrogens with zero attached hydrogens (tertiary/aromatic N) is 2. The number of nitrogens with one attached hydrogen (secondary N) is 2. The largest absolute Gasteiger partial charge is 0.477 e. The second-order valence-electron chi connectivity index (χ2n) is 9.94. The lowest BCUT2D eigenvalue weighted by atomic mass is 9.78. The van der Waals surface area contributed by atoms with Gasteiger partial charge in [0.2, 0.25) is 11.8 Å². The molecule has 4 rings (SSSR count). The highest BCUT2D eigenvalue weighted by Gasteiger charge is 2.60. The van der Waals surface area contributed by atoms with Crippen LogP contribution in [0.1, 0.15) is 26.7 Å². The van der Waals surface area contributed by atoms with Crippen LogP contribution in [0.5, 0.6) is 0 Å². The first-order valence-corrected chi connectivity index (χ1v) is 12.9. The number of amides is 3. The summed E-state index contributed by atoms with van der Waals surface area (Å²) in [5.74, 6) is -4.49. The molecule has 0 aromatic rings. The molecule has 4 heterocycles. The van der Waals surface area contributed by atoms with E-state index in [-0.39, 0.29) is 34.9 Å². The summed E-state index contributed by atoms with van der Waals surface area (Å²) >= 11 is 1.33. The van der Waals surface area contributed by atoms with Crippen molar-refractivity contribution in [3.05, 3.63) is 10.6 Å². The first-order valence-electron chi connectivity index (χ1n) is 12.0. The third kappa shape index (κ3) is 4.59. The normalized spacial score (nSPS) is 34.8. The zero-order chi connectivity index (χ0) is 26.5. The molecule has 0 spiro atoms. The third-order valence-corrected chi connectivity index (χ3v) is 9.09. The van der Waals surface area contributed by atoms with Crippen LogP contribution in [-0.2, 0) is 19.2 Å². The molecule has 4 aliphatic heterocycles. The van der Waals surface area contributed by atoms with Gasteiger partial charge in [0.15, 0.2) is 0 Å². The van der Waals surface area contributed by atoms with E-state index in [1.807, 2.05) is 0 Å². The number of hydrogen-bond donors (Lipinski definition) is 5. The van der Waals surface area contributed by atoms with Crippen LogP contribution < -0.4 is 22.1 Å². The van der Waals surface area contributed by atoms with Crippen molar-refractivity contribution in [2.24, 2.45) is 23.3 Å². The van der Waals surface area contributed by atoms with Gasteiger partial charge in [-0.2, -0.15) is 8.78 Å². The number of aliphatic carboxylic acids is 1. The molecule has 14 heteroatoms. The van der Waals surface area contributed by atoms with Gasteiger partial charge in [0.05, 0.1) is 18.0 Å². The average Bonchev–Trinajstić information content (AvgIpc) is 3.49. The summed E-state index contributed by atoms with van der Waals surface area (Å²) in [5, 5.41) is 15.2. The Morgan fingerprint density at radius 1 is 1.31 bits per heavy atom. The Kier molecular flexibility index (Phi) is 7.60. The van der Waals surface area contributed by atoms with Crippen molar-refractivity contribution in [2.45, 2.75) is 68.6 Å². The molecule has 3 saturated heterocycles. The first kappa shape index (κ1) is 26.8. The fraction of sp³-hybridized carbons (Fsp3) is 0.727. The summed E-state index contributed by atoms with van der Waals surface area (Å²) in [6.07, 6.45) is -2.08. The summed E-state index contributed by atoms with van der Waals surface area (Å²) in [7, 11) is 0. The number of fused-ring (bicyclic) bond motifs is 1. The van der Waals surface area contributed by atoms with E-state index in [1.165, 1.54) is 23.6 Å². The van der Waals surface area contributed by atoms with Crippen molar-refractivity contribution in [2.75, 3.05) is 19.6 Å². The highest BCUT2D eigenvalue weighted by atomic mass is 32.2. The molecule has 4 aliphatic rings. The van der Waals surface area contributed by atoms with E-state index < -0.39 is 48.3 Å². The molecule has 0 aliphatic carbocycles. The van der Waals surface area contributed by atoms with Gasteiger partial charge in [-0.05, 0) is 19.8 Å². The smallest absolute Gasteiger partial charge is 0.353 e. The van der Waals surface area contributed by atoms with Crippen LogP contribution in [0.3, 0.4) is 0 Å². The molecule has 3 fully saturated rings. The van der Waals surface area contributed by atoms with Crippen molar-refractivity contribution in [1.29, 1.82) is 0 Å². The van der Waals surface area contributed by atoms with Gasteiger partial charge < -0.3 is 37.0 Å². The van der Waals surface area contributed by atoms with E-state index in [9.17, 15) is 33.1 Å². The number of carboxylic acids is 1. The van der Waals surface area contributed by atoms with Crippen LogP contribution in [-0.4, -0.2) is 100 Å². The summed E-state index contributed by atoms with van der Waals surface area (Å²) in [5.41, 5.74) is 11.7. The maximum absolute atomic E-state index is 13.1. The van der Waals surface area contributed by atoms with Gasteiger partial charge >= 0.3 is 12.4 Å². The number of thioether (sulfide) groups is 1. The Morgan fingerprint density at radius 2 is 2.00 bits per heavy atom. The molecule has 1 unspecified atom stereocenters. The van der Waals surface area contributed by atoms with Gasteiger partial charge in [0, 0.05) is 53.8 Å². The molecule has 0 aromatic carbocycles. The predicted molar refractivity (Wildman–Crippen MR) is 126 cm³/mol. The molecular weight excluding hydrogens is 498 g/mol. The van der Waals surface area contributed by atoms with Crippen LogP contribution in [0.4, 0.5) is 8.78 Å². The number of halogens is 2. The monoisotopic (exact) mass is 530 g/mol. The lowest BCUT2D eigenvalue weighted by Crippen LogP contribution is -2.66. The van der Waals surface area contributed by atoms with Crippen molar-refractivity contribution in [1.82, 2.24) is 20.4 Å². The minimum absolute atomic E-state index is 0.0731. The molecule has 0 bridgehead atoms. The number of likely N-dealkylation sites (tertiary alicyclic amines) is 1. The van der Waals surface area contributed by atoms with Gasteiger partial charge in [-0.3, -0.25) is 14.4 Å². The number of carbonyl (C=O) groups excluding carboxylic acids is 3. The van der Waals surface area contributed by atoms with Crippen LogP contribution in [0.15, 0.2) is 10.6 Å². The van der Waals surface area contributed by atoms with Gasteiger partial charge in [0.25, 0.3) is 5.91 Å². The Balaban J connectivity index is 1.44. The number of β-lactam (4-membered cyclic amide) rings is 1. The van der Waals surface area contributed by atoms with E-state index in [0.717, 1.165) is 0 Å². The number of carboxylic acid groups (broad SMARTS) is 1. The molecule has 0 saturated carbocycles. The lowest BCUT2D eigenvalue weighted by Gasteiger charge is -2.47. The zero-order valence-electron chi connectivity index (χ0n) is 20.0. The second kappa shape index (κ2) is 10.2. The molecule has 200 valence electrons. The molecular formula is C22H32F2N6O5S. The Bertz CT molecular complexity index is 983. The Morgan fingerprint density at radius 3 is 2.61 bits per heavy atom. The maximum atomic E-state index is 13.1. The fourth-order valence-electron chi connectivity index (χ4n) is 5.88. The van der Waals surface area contributed by atoms with Gasteiger partial charge in [0.1, 0.15) is 5.70 Å². The van der Waals surface area contributed by atoms with Crippen LogP contribution in [0.2, 0.25) is 0 Å². The SMILES string of the molecule is CC(NC(=O)C(F)F)[C@H]1C(=O)N2C(C(=O)O)=C(S[C@@H]3CN[C@H](C(=O)N4C[C@@H](N)C[C@H]4CN)C3)[C@H](C)[C@H]12. The van der Waals surface area contributed by atoms with E-state index in [4.69, 9.17) is 11.5 Å². The Labute approximate surface area is 211 Å². The van der Waals surface area contributed by atoms with Gasteiger partial charge in [-0.15, -0.1) is 11.8 Å². The molecule has 7 N–H and O–H groups in total. The topological polar surface area (TPSA) is 171 Å². The van der Waals surface area contributed by atoms with Crippen LogP contribution in [0.25, 0.3) is 0 Å². The fourth-order valence-corrected chi connectivity index (χ4v) is 7.36. The number of hydrogen-bond acceptors (Lipinski definition) is 8. The summed E-state index contributed by atoms with van der Waals surface area (Å²) in [4.78, 5) is 52.9. The number of nitrogens with two attached hydrogens (primary N) is 2. The predicted octanol–water partition coefficient (Wildman–Crippen LogP) is -1.12. The number of carbonyl (C=O) groups is 4. The van der Waals surface area contributed by atoms with E-state index in [0.29, 0.717) is 37.4 Å². The van der Waals surface area contributed by atoms with Crippen molar-refractivity contribution >= 4 is 35.5 Å². The quantitative estimate of drug-likeness (QED) is 0.244. The summed E-state index contributed by atoms with van der Waals surface area (Å²) in [6, 6.07) is -2.08. The van der Waals surface area contributed by atoms with Crippen molar-refractivity contribution < 1.29 is 33.1 Å². The molecule has 11 nitrogen and oxygen atoms in total.